The summed E-state index contributed by atoms with van der Waals surface area (Å²) in [6, 6.07) is 0.205. The Morgan fingerprint density at radius 3 is 3.24 bits per heavy atom. The number of amides is 1. The van der Waals surface area contributed by atoms with E-state index in [-0.39, 0.29) is 17.9 Å². The fraction of sp³-hybridized carbons (Fsp3) is 0.643. The summed E-state index contributed by atoms with van der Waals surface area (Å²) >= 11 is 3.55. The monoisotopic (exact) mass is 353 g/mol. The molecule has 0 spiro atoms. The highest BCUT2D eigenvalue weighted by Crippen LogP contribution is 2.34. The number of anilines is 2. The third-order valence-electron chi connectivity index (χ3n) is 4.13. The molecule has 7 heteroatoms. The maximum atomic E-state index is 11.9. The number of hydrogen-bond acceptors (Lipinski definition) is 5. The van der Waals surface area contributed by atoms with Crippen molar-refractivity contribution in [1.82, 2.24) is 15.3 Å². The Morgan fingerprint density at radius 1 is 1.57 bits per heavy atom. The lowest BCUT2D eigenvalue weighted by molar-refractivity contribution is -0.122. The van der Waals surface area contributed by atoms with Crippen LogP contribution in [0.4, 0.5) is 11.8 Å². The minimum atomic E-state index is 0.0904. The standard InChI is InChI=1S/C14H20BrN5O/c1-2-5-16-14-18-7-10(15)12(19-14)20-6-3-4-9-11(20)8-17-13(9)21/h7,9,11H,2-6,8H2,1H3,(H,17,21)(H,16,18,19). The number of piperidine rings is 1. The Kier molecular flexibility index (Phi) is 4.28. The molecule has 114 valence electrons. The Balaban J connectivity index is 1.86. The molecule has 6 nitrogen and oxygen atoms in total. The molecule has 0 aliphatic carbocycles. The number of rotatable bonds is 4. The van der Waals surface area contributed by atoms with Crippen LogP contribution in [0.15, 0.2) is 10.7 Å². The summed E-state index contributed by atoms with van der Waals surface area (Å²) in [5.41, 5.74) is 0. The largest absolute Gasteiger partial charge is 0.354 e. The van der Waals surface area contributed by atoms with Crippen LogP contribution in [0, 0.1) is 5.92 Å². The van der Waals surface area contributed by atoms with Crippen LogP contribution < -0.4 is 15.5 Å². The molecule has 3 rings (SSSR count). The third-order valence-corrected chi connectivity index (χ3v) is 4.69. The second-order valence-electron chi connectivity index (χ2n) is 5.55. The van der Waals surface area contributed by atoms with Crippen molar-refractivity contribution < 1.29 is 4.79 Å². The Labute approximate surface area is 132 Å². The normalized spacial score (nSPS) is 24.7. The number of aromatic nitrogens is 2. The fourth-order valence-corrected chi connectivity index (χ4v) is 3.51. The van der Waals surface area contributed by atoms with E-state index in [0.29, 0.717) is 12.5 Å². The predicted octanol–water partition coefficient (Wildman–Crippen LogP) is 1.78. The zero-order valence-electron chi connectivity index (χ0n) is 12.1. The lowest BCUT2D eigenvalue weighted by Crippen LogP contribution is -2.46. The van der Waals surface area contributed by atoms with Crippen molar-refractivity contribution >= 4 is 33.6 Å². The van der Waals surface area contributed by atoms with Crippen LogP contribution in [0.1, 0.15) is 26.2 Å². The molecule has 2 atom stereocenters. The second kappa shape index (κ2) is 6.17. The molecular formula is C14H20BrN5O. The van der Waals surface area contributed by atoms with E-state index in [9.17, 15) is 4.79 Å². The van der Waals surface area contributed by atoms with Crippen molar-refractivity contribution in [3.63, 3.8) is 0 Å². The summed E-state index contributed by atoms with van der Waals surface area (Å²) in [6.45, 7) is 4.60. The van der Waals surface area contributed by atoms with Gasteiger partial charge in [0.15, 0.2) is 0 Å². The van der Waals surface area contributed by atoms with Gasteiger partial charge in [-0.15, -0.1) is 0 Å². The van der Waals surface area contributed by atoms with Gasteiger partial charge in [-0.3, -0.25) is 4.79 Å². The molecule has 0 bridgehead atoms. The van der Waals surface area contributed by atoms with Gasteiger partial charge < -0.3 is 15.5 Å². The SMILES string of the molecule is CCCNc1ncc(Br)c(N2CCCC3C(=O)NCC32)n1. The number of carbonyl (C=O) groups is 1. The average molecular weight is 354 g/mol. The van der Waals surface area contributed by atoms with Crippen molar-refractivity contribution in [2.75, 3.05) is 29.9 Å². The lowest BCUT2D eigenvalue weighted by atomic mass is 9.91. The zero-order valence-corrected chi connectivity index (χ0v) is 13.7. The first kappa shape index (κ1) is 14.6. The van der Waals surface area contributed by atoms with E-state index >= 15 is 0 Å². The molecule has 2 aliphatic heterocycles. The average Bonchev–Trinajstić information content (AvgIpc) is 2.88. The van der Waals surface area contributed by atoms with Crippen molar-refractivity contribution in [3.05, 3.63) is 10.7 Å². The van der Waals surface area contributed by atoms with Crippen LogP contribution >= 0.6 is 15.9 Å². The maximum Gasteiger partial charge on any atom is 0.225 e. The summed E-state index contributed by atoms with van der Waals surface area (Å²) in [6.07, 6.45) is 4.80. The molecule has 0 saturated carbocycles. The molecule has 2 fully saturated rings. The number of nitrogens with zero attached hydrogens (tertiary/aromatic N) is 3. The highest BCUT2D eigenvalue weighted by molar-refractivity contribution is 9.10. The van der Waals surface area contributed by atoms with Gasteiger partial charge in [-0.2, -0.15) is 4.98 Å². The van der Waals surface area contributed by atoms with Crippen LogP contribution in [0.3, 0.4) is 0 Å². The minimum absolute atomic E-state index is 0.0904. The van der Waals surface area contributed by atoms with Gasteiger partial charge in [-0.1, -0.05) is 6.92 Å². The molecule has 2 unspecified atom stereocenters. The van der Waals surface area contributed by atoms with Crippen LogP contribution in [0.2, 0.25) is 0 Å². The molecule has 1 amide bonds. The van der Waals surface area contributed by atoms with Crippen molar-refractivity contribution in [3.8, 4) is 0 Å². The van der Waals surface area contributed by atoms with Gasteiger partial charge >= 0.3 is 0 Å². The first-order valence-corrected chi connectivity index (χ1v) is 8.30. The van der Waals surface area contributed by atoms with Gasteiger partial charge in [0, 0.05) is 25.8 Å². The summed E-state index contributed by atoms with van der Waals surface area (Å²) in [5.74, 6) is 1.80. The highest BCUT2D eigenvalue weighted by atomic mass is 79.9. The molecule has 21 heavy (non-hydrogen) atoms. The van der Waals surface area contributed by atoms with E-state index < -0.39 is 0 Å². The summed E-state index contributed by atoms with van der Waals surface area (Å²) in [5, 5.41) is 6.19. The quantitative estimate of drug-likeness (QED) is 0.863. The van der Waals surface area contributed by atoms with Gasteiger partial charge in [0.2, 0.25) is 11.9 Å². The highest BCUT2D eigenvalue weighted by Gasteiger charge is 2.41. The number of halogens is 1. The minimum Gasteiger partial charge on any atom is -0.354 e. The Hall–Kier alpha value is -1.37. The molecule has 1 aromatic rings. The van der Waals surface area contributed by atoms with E-state index in [1.807, 2.05) is 0 Å². The van der Waals surface area contributed by atoms with Gasteiger partial charge in [-0.05, 0) is 35.2 Å². The first-order valence-electron chi connectivity index (χ1n) is 7.51. The van der Waals surface area contributed by atoms with Crippen molar-refractivity contribution in [2.24, 2.45) is 5.92 Å². The smallest absolute Gasteiger partial charge is 0.225 e. The van der Waals surface area contributed by atoms with Crippen LogP contribution in [0.25, 0.3) is 0 Å². The second-order valence-corrected chi connectivity index (χ2v) is 6.40. The van der Waals surface area contributed by atoms with Crippen LogP contribution in [0.5, 0.6) is 0 Å². The van der Waals surface area contributed by atoms with E-state index in [1.165, 1.54) is 0 Å². The Morgan fingerprint density at radius 2 is 2.43 bits per heavy atom. The number of fused-ring (bicyclic) bond motifs is 1. The molecule has 2 saturated heterocycles. The molecule has 3 heterocycles. The lowest BCUT2D eigenvalue weighted by Gasteiger charge is -2.37. The number of hydrogen-bond donors (Lipinski definition) is 2. The number of carbonyl (C=O) groups excluding carboxylic acids is 1. The molecule has 1 aromatic heterocycles. The van der Waals surface area contributed by atoms with Crippen LogP contribution in [-0.4, -0.2) is 41.6 Å². The zero-order chi connectivity index (χ0) is 14.8. The van der Waals surface area contributed by atoms with Crippen molar-refractivity contribution in [1.29, 1.82) is 0 Å². The van der Waals surface area contributed by atoms with Gasteiger partial charge in [0.25, 0.3) is 0 Å². The van der Waals surface area contributed by atoms with Gasteiger partial charge in [0.1, 0.15) is 5.82 Å². The summed E-state index contributed by atoms with van der Waals surface area (Å²) in [4.78, 5) is 23.1. The molecule has 2 aliphatic rings. The number of nitrogens with one attached hydrogen (secondary N) is 2. The van der Waals surface area contributed by atoms with Crippen molar-refractivity contribution in [2.45, 2.75) is 32.2 Å². The molecule has 2 N–H and O–H groups in total. The van der Waals surface area contributed by atoms with E-state index in [2.05, 4.69) is 48.4 Å². The summed E-state index contributed by atoms with van der Waals surface area (Å²) in [7, 11) is 0. The first-order chi connectivity index (χ1) is 10.2. The summed E-state index contributed by atoms with van der Waals surface area (Å²) < 4.78 is 0.879. The molecule has 0 radical (unpaired) electrons. The van der Waals surface area contributed by atoms with E-state index in [0.717, 1.165) is 42.6 Å². The third kappa shape index (κ3) is 2.84. The van der Waals surface area contributed by atoms with Gasteiger partial charge in [0.05, 0.1) is 16.4 Å². The predicted molar refractivity (Wildman–Crippen MR) is 85.4 cm³/mol. The maximum absolute atomic E-state index is 11.9. The molecule has 0 aromatic carbocycles. The fourth-order valence-electron chi connectivity index (χ4n) is 3.10. The van der Waals surface area contributed by atoms with Gasteiger partial charge in [-0.25, -0.2) is 4.98 Å². The topological polar surface area (TPSA) is 70.2 Å². The molecular weight excluding hydrogens is 334 g/mol. The van der Waals surface area contributed by atoms with E-state index in [4.69, 9.17) is 0 Å². The van der Waals surface area contributed by atoms with E-state index in [1.54, 1.807) is 6.20 Å². The van der Waals surface area contributed by atoms with Crippen LogP contribution in [-0.2, 0) is 4.79 Å². The Bertz CT molecular complexity index is 538.